The third-order valence-electron chi connectivity index (χ3n) is 2.55. The molecule has 2 aliphatic rings. The quantitative estimate of drug-likeness (QED) is 0.462. The molecule has 3 nitrogen and oxygen atoms in total. The second-order valence-electron chi connectivity index (χ2n) is 3.08. The van der Waals surface area contributed by atoms with Gasteiger partial charge in [-0.25, -0.2) is 0 Å². The van der Waals surface area contributed by atoms with Crippen LogP contribution in [-0.4, -0.2) is 30.6 Å². The molecule has 3 atom stereocenters. The molecular formula is C6H15Cl2N3. The van der Waals surface area contributed by atoms with Crippen molar-refractivity contribution < 1.29 is 0 Å². The van der Waals surface area contributed by atoms with Crippen LogP contribution in [0.4, 0.5) is 0 Å². The monoisotopic (exact) mass is 199 g/mol. The van der Waals surface area contributed by atoms with Gasteiger partial charge >= 0.3 is 0 Å². The van der Waals surface area contributed by atoms with Gasteiger partial charge in [0.25, 0.3) is 0 Å². The number of piperidine rings is 1. The lowest BCUT2D eigenvalue weighted by atomic mass is 10.0. The lowest BCUT2D eigenvalue weighted by Crippen LogP contribution is -2.43. The lowest BCUT2D eigenvalue weighted by Gasteiger charge is -2.20. The Labute approximate surface area is 79.5 Å². The van der Waals surface area contributed by atoms with E-state index in [2.05, 4.69) is 10.3 Å². The number of hydrogen-bond acceptors (Lipinski definition) is 3. The largest absolute Gasteiger partial charge is 0.301 e. The summed E-state index contributed by atoms with van der Waals surface area (Å²) in [6.07, 6.45) is 1.34. The number of rotatable bonds is 1. The first-order valence-electron chi connectivity index (χ1n) is 3.58. The van der Waals surface area contributed by atoms with Crippen molar-refractivity contribution in [3.8, 4) is 0 Å². The van der Waals surface area contributed by atoms with Crippen LogP contribution in [-0.2, 0) is 0 Å². The Bertz CT molecular complexity index is 122. The van der Waals surface area contributed by atoms with Gasteiger partial charge in [-0.05, 0) is 18.9 Å². The highest BCUT2D eigenvalue weighted by Gasteiger charge is 2.36. The average Bonchev–Trinajstić information content (AvgIpc) is 2.45. The third kappa shape index (κ3) is 1.98. The minimum Gasteiger partial charge on any atom is -0.301 e. The maximum atomic E-state index is 5.34. The summed E-state index contributed by atoms with van der Waals surface area (Å²) in [4.78, 5) is 2.47. The number of fused-ring (bicyclic) bond motifs is 2. The SMILES string of the molecule is Cl.Cl.NNC1CN2CCC1C2. The van der Waals surface area contributed by atoms with Crippen molar-refractivity contribution in [2.45, 2.75) is 12.5 Å². The Morgan fingerprint density at radius 3 is 2.27 bits per heavy atom. The summed E-state index contributed by atoms with van der Waals surface area (Å²) in [6, 6.07) is 0.582. The highest BCUT2D eigenvalue weighted by Crippen LogP contribution is 2.26. The second-order valence-corrected chi connectivity index (χ2v) is 3.08. The molecule has 0 aromatic carbocycles. The van der Waals surface area contributed by atoms with E-state index < -0.39 is 0 Å². The molecule has 2 rings (SSSR count). The summed E-state index contributed by atoms with van der Waals surface area (Å²) in [6.45, 7) is 3.74. The van der Waals surface area contributed by atoms with Gasteiger partial charge in [0.15, 0.2) is 0 Å². The predicted molar refractivity (Wildman–Crippen MR) is 50.2 cm³/mol. The molecule has 2 fully saturated rings. The van der Waals surface area contributed by atoms with E-state index in [1.165, 1.54) is 26.1 Å². The summed E-state index contributed by atoms with van der Waals surface area (Å²) in [5, 5.41) is 0. The van der Waals surface area contributed by atoms with Crippen molar-refractivity contribution in [2.75, 3.05) is 19.6 Å². The van der Waals surface area contributed by atoms with Crippen molar-refractivity contribution >= 4 is 24.8 Å². The third-order valence-corrected chi connectivity index (χ3v) is 2.55. The van der Waals surface area contributed by atoms with Crippen molar-refractivity contribution in [3.05, 3.63) is 0 Å². The van der Waals surface area contributed by atoms with Gasteiger partial charge in [-0.2, -0.15) is 0 Å². The number of nitrogens with one attached hydrogen (secondary N) is 1. The molecule has 0 saturated carbocycles. The van der Waals surface area contributed by atoms with Crippen molar-refractivity contribution in [2.24, 2.45) is 11.8 Å². The van der Waals surface area contributed by atoms with Crippen molar-refractivity contribution in [1.29, 1.82) is 0 Å². The molecule has 0 aromatic rings. The molecule has 0 amide bonds. The molecule has 0 spiro atoms. The Balaban J connectivity index is 0.000000500. The van der Waals surface area contributed by atoms with Gasteiger partial charge in [-0.15, -0.1) is 24.8 Å². The van der Waals surface area contributed by atoms with Crippen LogP contribution in [0.25, 0.3) is 0 Å². The zero-order valence-corrected chi connectivity index (χ0v) is 7.96. The van der Waals surface area contributed by atoms with Gasteiger partial charge in [0.1, 0.15) is 0 Å². The predicted octanol–water partition coefficient (Wildman–Crippen LogP) is -0.00260. The Kier molecular flexibility index (Phi) is 4.66. The van der Waals surface area contributed by atoms with Crippen LogP contribution >= 0.6 is 24.8 Å². The van der Waals surface area contributed by atoms with E-state index in [-0.39, 0.29) is 24.8 Å². The molecular weight excluding hydrogens is 185 g/mol. The summed E-state index contributed by atoms with van der Waals surface area (Å²) >= 11 is 0. The van der Waals surface area contributed by atoms with Crippen molar-refractivity contribution in [3.63, 3.8) is 0 Å². The van der Waals surface area contributed by atoms with E-state index in [1.54, 1.807) is 0 Å². The van der Waals surface area contributed by atoms with Gasteiger partial charge in [0.05, 0.1) is 0 Å². The summed E-state index contributed by atoms with van der Waals surface area (Å²) in [7, 11) is 0. The molecule has 2 aliphatic heterocycles. The fourth-order valence-electron chi connectivity index (χ4n) is 1.97. The first-order valence-corrected chi connectivity index (χ1v) is 3.58. The van der Waals surface area contributed by atoms with Crippen LogP contribution in [0.2, 0.25) is 0 Å². The van der Waals surface area contributed by atoms with E-state index in [9.17, 15) is 0 Å². The fourth-order valence-corrected chi connectivity index (χ4v) is 1.97. The Hall–Kier alpha value is 0.460. The minimum atomic E-state index is 0. The van der Waals surface area contributed by atoms with Crippen LogP contribution in [0.15, 0.2) is 0 Å². The first-order chi connectivity index (χ1) is 4.40. The molecule has 2 saturated heterocycles. The average molecular weight is 200 g/mol. The van der Waals surface area contributed by atoms with Crippen LogP contribution in [0.1, 0.15) is 6.42 Å². The molecule has 3 unspecified atom stereocenters. The number of nitrogens with two attached hydrogens (primary N) is 1. The summed E-state index contributed by atoms with van der Waals surface area (Å²) < 4.78 is 0. The molecule has 0 aliphatic carbocycles. The second kappa shape index (κ2) is 4.48. The Morgan fingerprint density at radius 1 is 1.27 bits per heavy atom. The van der Waals surface area contributed by atoms with Gasteiger partial charge in [-0.1, -0.05) is 0 Å². The van der Waals surface area contributed by atoms with Gasteiger partial charge < -0.3 is 4.90 Å². The molecule has 11 heavy (non-hydrogen) atoms. The van der Waals surface area contributed by atoms with E-state index in [0.29, 0.717) is 6.04 Å². The van der Waals surface area contributed by atoms with E-state index in [1.807, 2.05) is 0 Å². The number of hydrazine groups is 1. The van der Waals surface area contributed by atoms with Gasteiger partial charge in [0, 0.05) is 19.1 Å². The van der Waals surface area contributed by atoms with E-state index in [0.717, 1.165) is 5.92 Å². The number of hydrogen-bond donors (Lipinski definition) is 2. The standard InChI is InChI=1S/C6H13N3.2ClH/c7-8-6-4-9-2-1-5(6)3-9;;/h5-6,8H,1-4,7H2;2*1H. The van der Waals surface area contributed by atoms with Crippen LogP contribution in [0, 0.1) is 5.92 Å². The van der Waals surface area contributed by atoms with Crippen LogP contribution in [0.5, 0.6) is 0 Å². The van der Waals surface area contributed by atoms with Crippen LogP contribution in [0.3, 0.4) is 0 Å². The molecule has 2 bridgehead atoms. The van der Waals surface area contributed by atoms with Gasteiger partial charge in [0.2, 0.25) is 0 Å². The molecule has 0 aromatic heterocycles. The maximum absolute atomic E-state index is 5.34. The normalized spacial score (nSPS) is 39.5. The van der Waals surface area contributed by atoms with Crippen molar-refractivity contribution in [1.82, 2.24) is 10.3 Å². The van der Waals surface area contributed by atoms with Gasteiger partial charge in [-0.3, -0.25) is 11.3 Å². The summed E-state index contributed by atoms with van der Waals surface area (Å²) in [5.74, 6) is 6.19. The summed E-state index contributed by atoms with van der Waals surface area (Å²) in [5.41, 5.74) is 2.85. The topological polar surface area (TPSA) is 41.3 Å². The zero-order chi connectivity index (χ0) is 6.27. The van der Waals surface area contributed by atoms with E-state index in [4.69, 9.17) is 5.84 Å². The number of nitrogens with zero attached hydrogens (tertiary/aromatic N) is 1. The zero-order valence-electron chi connectivity index (χ0n) is 6.32. The molecule has 2 heterocycles. The molecule has 3 N–H and O–H groups in total. The number of halogens is 2. The van der Waals surface area contributed by atoms with Crippen LogP contribution < -0.4 is 11.3 Å². The fraction of sp³-hybridized carbons (Fsp3) is 1.00. The van der Waals surface area contributed by atoms with E-state index >= 15 is 0 Å². The lowest BCUT2D eigenvalue weighted by molar-refractivity contribution is 0.318. The smallest absolute Gasteiger partial charge is 0.0378 e. The first kappa shape index (κ1) is 11.5. The highest BCUT2D eigenvalue weighted by atomic mass is 35.5. The molecule has 0 radical (unpaired) electrons. The minimum absolute atomic E-state index is 0. The highest BCUT2D eigenvalue weighted by molar-refractivity contribution is 5.85. The maximum Gasteiger partial charge on any atom is 0.0378 e. The Morgan fingerprint density at radius 2 is 2.00 bits per heavy atom. The molecule has 5 heteroatoms. The molecule has 68 valence electrons.